The Morgan fingerprint density at radius 3 is 1.86 bits per heavy atom. The summed E-state index contributed by atoms with van der Waals surface area (Å²) in [5.74, 6) is -0.0586. The summed E-state index contributed by atoms with van der Waals surface area (Å²) in [5.41, 5.74) is 2.58. The van der Waals surface area contributed by atoms with E-state index in [0.717, 1.165) is 25.0 Å². The van der Waals surface area contributed by atoms with Gasteiger partial charge in [-0.2, -0.15) is 26.3 Å². The lowest BCUT2D eigenvalue weighted by atomic mass is 10.1. The average Bonchev–Trinajstić information content (AvgIpc) is 2.63. The molecule has 2 N–H and O–H groups in total. The van der Waals surface area contributed by atoms with E-state index >= 15 is 0 Å². The van der Waals surface area contributed by atoms with Gasteiger partial charge in [0, 0.05) is 38.3 Å². The number of amides is 1. The highest BCUT2D eigenvalue weighted by molar-refractivity contribution is 5.76. The van der Waals surface area contributed by atoms with E-state index in [1.54, 1.807) is 4.90 Å². The molecule has 158 valence electrons. The van der Waals surface area contributed by atoms with Gasteiger partial charge in [0.05, 0.1) is 11.1 Å². The molecule has 1 fully saturated rings. The monoisotopic (exact) mass is 411 g/mol. The summed E-state index contributed by atoms with van der Waals surface area (Å²) in [7, 11) is 0. The van der Waals surface area contributed by atoms with Crippen LogP contribution in [0.15, 0.2) is 18.2 Å². The second-order valence-electron chi connectivity index (χ2n) is 6.73. The molecule has 0 aromatic heterocycles. The van der Waals surface area contributed by atoms with Crippen molar-refractivity contribution in [3.63, 3.8) is 0 Å². The van der Waals surface area contributed by atoms with E-state index < -0.39 is 23.5 Å². The zero-order valence-corrected chi connectivity index (χ0v) is 15.2. The Balaban J connectivity index is 2.06. The maximum absolute atomic E-state index is 13.0. The number of carbonyl (C=O) groups excluding carboxylic acids is 1. The normalized spacial score (nSPS) is 15.8. The largest absolute Gasteiger partial charge is 0.416 e. The van der Waals surface area contributed by atoms with Crippen LogP contribution in [0.3, 0.4) is 0 Å². The summed E-state index contributed by atoms with van der Waals surface area (Å²) in [6, 6.07) is 1.56. The van der Waals surface area contributed by atoms with Crippen LogP contribution in [0.1, 0.15) is 36.8 Å². The van der Waals surface area contributed by atoms with Gasteiger partial charge >= 0.3 is 12.4 Å². The first-order valence-corrected chi connectivity index (χ1v) is 9.04. The molecule has 2 rings (SSSR count). The molecule has 1 saturated heterocycles. The van der Waals surface area contributed by atoms with Crippen LogP contribution in [0.4, 0.5) is 32.0 Å². The molecule has 1 aliphatic rings. The second kappa shape index (κ2) is 9.02. The molecular formula is C18H23F6N3O. The maximum atomic E-state index is 13.0. The van der Waals surface area contributed by atoms with Gasteiger partial charge in [0.1, 0.15) is 0 Å². The minimum absolute atomic E-state index is 0.0586. The number of benzene rings is 1. The Bertz CT molecular complexity index is 634. The number of alkyl halides is 6. The minimum atomic E-state index is -4.88. The summed E-state index contributed by atoms with van der Waals surface area (Å²) in [5, 5.41) is 0. The molecule has 1 aromatic rings. The highest BCUT2D eigenvalue weighted by atomic mass is 19.4. The highest BCUT2D eigenvalue weighted by Gasteiger charge is 2.37. The van der Waals surface area contributed by atoms with E-state index in [9.17, 15) is 31.1 Å². The molecule has 0 aliphatic carbocycles. The molecule has 28 heavy (non-hydrogen) atoms. The number of hydrogen-bond donors (Lipinski definition) is 1. The van der Waals surface area contributed by atoms with Crippen LogP contribution in [0.5, 0.6) is 0 Å². The fraction of sp³-hybridized carbons (Fsp3) is 0.611. The molecule has 0 atom stereocenters. The summed E-state index contributed by atoms with van der Waals surface area (Å²) in [4.78, 5) is 15.2. The van der Waals surface area contributed by atoms with Crippen LogP contribution in [-0.2, 0) is 17.1 Å². The number of anilines is 1. The van der Waals surface area contributed by atoms with Crippen molar-refractivity contribution in [3.05, 3.63) is 29.3 Å². The molecule has 1 heterocycles. The van der Waals surface area contributed by atoms with Crippen molar-refractivity contribution in [1.29, 1.82) is 0 Å². The summed E-state index contributed by atoms with van der Waals surface area (Å²) < 4.78 is 78.0. The van der Waals surface area contributed by atoms with Crippen molar-refractivity contribution in [2.45, 2.75) is 38.0 Å². The molecule has 10 heteroatoms. The third-order valence-electron chi connectivity index (χ3n) is 4.66. The standard InChI is InChI=1S/C18H23F6N3O/c19-17(20,21)13-10-14(18(22,23)24)12-15(11-13)26-6-8-27(9-7-26)16(28)4-2-1-3-5-25/h10-12H,1-9,25H2. The molecule has 1 aliphatic heterocycles. The lowest BCUT2D eigenvalue weighted by Gasteiger charge is -2.36. The summed E-state index contributed by atoms with van der Waals surface area (Å²) in [6.07, 6.45) is -7.01. The molecule has 0 spiro atoms. The molecule has 1 amide bonds. The first-order valence-electron chi connectivity index (χ1n) is 9.04. The number of halogens is 6. The first-order chi connectivity index (χ1) is 13.0. The molecular weight excluding hydrogens is 388 g/mol. The summed E-state index contributed by atoms with van der Waals surface area (Å²) in [6.45, 7) is 1.42. The highest BCUT2D eigenvalue weighted by Crippen LogP contribution is 2.38. The molecule has 4 nitrogen and oxygen atoms in total. The molecule has 1 aromatic carbocycles. The van der Waals surface area contributed by atoms with Crippen LogP contribution in [0.2, 0.25) is 0 Å². The number of piperazine rings is 1. The van der Waals surface area contributed by atoms with Crippen molar-refractivity contribution < 1.29 is 31.1 Å². The van der Waals surface area contributed by atoms with Crippen molar-refractivity contribution in [2.24, 2.45) is 5.73 Å². The number of rotatable bonds is 6. The van der Waals surface area contributed by atoms with Gasteiger partial charge in [0.25, 0.3) is 0 Å². The first kappa shape index (κ1) is 22.3. The molecule has 0 radical (unpaired) electrons. The third kappa shape index (κ3) is 6.02. The van der Waals surface area contributed by atoms with Gasteiger partial charge in [-0.3, -0.25) is 4.79 Å². The van der Waals surface area contributed by atoms with Gasteiger partial charge < -0.3 is 15.5 Å². The lowest BCUT2D eigenvalue weighted by Crippen LogP contribution is -2.48. The van der Waals surface area contributed by atoms with Crippen LogP contribution < -0.4 is 10.6 Å². The van der Waals surface area contributed by atoms with Crippen LogP contribution in [-0.4, -0.2) is 43.5 Å². The van der Waals surface area contributed by atoms with Gasteiger partial charge in [0.15, 0.2) is 0 Å². The maximum Gasteiger partial charge on any atom is 0.416 e. The topological polar surface area (TPSA) is 49.6 Å². The second-order valence-corrected chi connectivity index (χ2v) is 6.73. The van der Waals surface area contributed by atoms with Crippen molar-refractivity contribution in [2.75, 3.05) is 37.6 Å². The van der Waals surface area contributed by atoms with Crippen molar-refractivity contribution in [3.8, 4) is 0 Å². The predicted octanol–water partition coefficient (Wildman–Crippen LogP) is 3.89. The predicted molar refractivity (Wildman–Crippen MR) is 92.8 cm³/mol. The number of unbranched alkanes of at least 4 members (excludes halogenated alkanes) is 2. The SMILES string of the molecule is NCCCCCC(=O)N1CCN(c2cc(C(F)(F)F)cc(C(F)(F)F)c2)CC1. The fourth-order valence-electron chi connectivity index (χ4n) is 3.09. The van der Waals surface area contributed by atoms with E-state index in [4.69, 9.17) is 5.73 Å². The smallest absolute Gasteiger partial charge is 0.368 e. The van der Waals surface area contributed by atoms with Crippen LogP contribution >= 0.6 is 0 Å². The zero-order chi connectivity index (χ0) is 20.9. The lowest BCUT2D eigenvalue weighted by molar-refractivity contribution is -0.143. The quantitative estimate of drug-likeness (QED) is 0.571. The zero-order valence-electron chi connectivity index (χ0n) is 15.2. The Hall–Kier alpha value is -1.97. The van der Waals surface area contributed by atoms with Gasteiger partial charge in [0.2, 0.25) is 5.91 Å². The van der Waals surface area contributed by atoms with Crippen LogP contribution in [0.25, 0.3) is 0 Å². The number of carbonyl (C=O) groups is 1. The third-order valence-corrected chi connectivity index (χ3v) is 4.66. The summed E-state index contributed by atoms with van der Waals surface area (Å²) >= 11 is 0. The Morgan fingerprint density at radius 2 is 1.39 bits per heavy atom. The molecule has 0 saturated carbocycles. The Kier molecular flexibility index (Phi) is 7.19. The minimum Gasteiger partial charge on any atom is -0.368 e. The van der Waals surface area contributed by atoms with Crippen molar-refractivity contribution in [1.82, 2.24) is 4.90 Å². The van der Waals surface area contributed by atoms with Gasteiger partial charge in [-0.15, -0.1) is 0 Å². The van der Waals surface area contributed by atoms with E-state index in [1.807, 2.05) is 0 Å². The number of nitrogens with zero attached hydrogens (tertiary/aromatic N) is 2. The Morgan fingerprint density at radius 1 is 0.857 bits per heavy atom. The van der Waals surface area contributed by atoms with E-state index in [1.165, 1.54) is 4.90 Å². The van der Waals surface area contributed by atoms with E-state index in [2.05, 4.69) is 0 Å². The number of hydrogen-bond acceptors (Lipinski definition) is 3. The Labute approximate surface area is 159 Å². The fourth-order valence-corrected chi connectivity index (χ4v) is 3.09. The number of nitrogens with two attached hydrogens (primary N) is 1. The van der Waals surface area contributed by atoms with Gasteiger partial charge in [-0.25, -0.2) is 0 Å². The van der Waals surface area contributed by atoms with Crippen LogP contribution in [0, 0.1) is 0 Å². The van der Waals surface area contributed by atoms with Gasteiger partial charge in [-0.05, 0) is 37.6 Å². The van der Waals surface area contributed by atoms with Crippen molar-refractivity contribution >= 4 is 11.6 Å². The van der Waals surface area contributed by atoms with E-state index in [-0.39, 0.29) is 43.8 Å². The van der Waals surface area contributed by atoms with E-state index in [0.29, 0.717) is 19.4 Å². The molecule has 0 bridgehead atoms. The molecule has 0 unspecified atom stereocenters. The van der Waals surface area contributed by atoms with Gasteiger partial charge in [-0.1, -0.05) is 6.42 Å². The average molecular weight is 411 g/mol.